The second-order valence-electron chi connectivity index (χ2n) is 9.15. The Bertz CT molecular complexity index is 1270. The van der Waals surface area contributed by atoms with Gasteiger partial charge < -0.3 is 10.2 Å². The van der Waals surface area contributed by atoms with Crippen LogP contribution in [0.15, 0.2) is 54.9 Å². The van der Waals surface area contributed by atoms with Gasteiger partial charge in [0.15, 0.2) is 0 Å². The van der Waals surface area contributed by atoms with E-state index in [0.717, 1.165) is 42.9 Å². The van der Waals surface area contributed by atoms with Crippen LogP contribution in [0.5, 0.6) is 0 Å². The number of benzene rings is 2. The SMILES string of the molecule is Cc1nnn2c1-c1ccc(-c3cnn(C)c3)cc1C(Nc1ccccc1CCN(C)C)CC2. The van der Waals surface area contributed by atoms with Gasteiger partial charge in [0.25, 0.3) is 0 Å². The highest BCUT2D eigenvalue weighted by molar-refractivity contribution is 5.74. The highest BCUT2D eigenvalue weighted by Gasteiger charge is 2.26. The maximum atomic E-state index is 4.43. The Balaban J connectivity index is 1.57. The van der Waals surface area contributed by atoms with Crippen LogP contribution >= 0.6 is 0 Å². The van der Waals surface area contributed by atoms with Gasteiger partial charge in [0, 0.05) is 43.1 Å². The lowest BCUT2D eigenvalue weighted by Crippen LogP contribution is -2.17. The Morgan fingerprint density at radius 2 is 1.97 bits per heavy atom. The van der Waals surface area contributed by atoms with E-state index in [4.69, 9.17) is 0 Å². The molecule has 2 aromatic heterocycles. The first kappa shape index (κ1) is 21.4. The molecule has 0 radical (unpaired) electrons. The lowest BCUT2D eigenvalue weighted by molar-refractivity contribution is 0.414. The molecular formula is C26H31N7. The van der Waals surface area contributed by atoms with Crippen LogP contribution in [-0.2, 0) is 20.0 Å². The smallest absolute Gasteiger partial charge is 0.0918 e. The summed E-state index contributed by atoms with van der Waals surface area (Å²) >= 11 is 0. The van der Waals surface area contributed by atoms with Gasteiger partial charge in [-0.3, -0.25) is 4.68 Å². The number of aromatic nitrogens is 5. The zero-order valence-corrected chi connectivity index (χ0v) is 19.8. The summed E-state index contributed by atoms with van der Waals surface area (Å²) in [6, 6.07) is 15.6. The molecule has 0 spiro atoms. The molecule has 0 bridgehead atoms. The van der Waals surface area contributed by atoms with Gasteiger partial charge in [-0.2, -0.15) is 5.10 Å². The van der Waals surface area contributed by atoms with E-state index in [1.807, 2.05) is 24.9 Å². The average Bonchev–Trinajstić information content (AvgIpc) is 3.36. The van der Waals surface area contributed by atoms with Crippen molar-refractivity contribution in [3.63, 3.8) is 0 Å². The molecule has 7 heteroatoms. The zero-order valence-electron chi connectivity index (χ0n) is 19.8. The van der Waals surface area contributed by atoms with Crippen molar-refractivity contribution in [2.45, 2.75) is 32.4 Å². The molecule has 0 saturated heterocycles. The van der Waals surface area contributed by atoms with Crippen LogP contribution in [0.3, 0.4) is 0 Å². The van der Waals surface area contributed by atoms with Crippen molar-refractivity contribution in [3.8, 4) is 22.4 Å². The highest BCUT2D eigenvalue weighted by atomic mass is 15.4. The van der Waals surface area contributed by atoms with Crippen molar-refractivity contribution in [1.82, 2.24) is 29.7 Å². The molecule has 0 amide bonds. The minimum absolute atomic E-state index is 0.165. The van der Waals surface area contributed by atoms with E-state index in [1.54, 1.807) is 0 Å². The van der Waals surface area contributed by atoms with Crippen molar-refractivity contribution in [3.05, 3.63) is 71.7 Å². The van der Waals surface area contributed by atoms with Crippen LogP contribution in [0.25, 0.3) is 22.4 Å². The summed E-state index contributed by atoms with van der Waals surface area (Å²) in [7, 11) is 6.19. The molecule has 33 heavy (non-hydrogen) atoms. The molecular weight excluding hydrogens is 410 g/mol. The molecule has 1 aliphatic heterocycles. The number of hydrogen-bond acceptors (Lipinski definition) is 5. The van der Waals surface area contributed by atoms with Gasteiger partial charge in [-0.15, -0.1) is 5.10 Å². The summed E-state index contributed by atoms with van der Waals surface area (Å²) in [6.07, 6.45) is 5.93. The van der Waals surface area contributed by atoms with Crippen molar-refractivity contribution in [2.75, 3.05) is 26.0 Å². The van der Waals surface area contributed by atoms with E-state index >= 15 is 0 Å². The van der Waals surface area contributed by atoms with Gasteiger partial charge in [-0.25, -0.2) is 4.68 Å². The zero-order chi connectivity index (χ0) is 22.9. The number of anilines is 1. The number of fused-ring (bicyclic) bond motifs is 3. The van der Waals surface area contributed by atoms with Crippen molar-refractivity contribution in [2.24, 2.45) is 7.05 Å². The van der Waals surface area contributed by atoms with E-state index in [0.29, 0.717) is 0 Å². The number of likely N-dealkylation sites (N-methyl/N-ethyl adjacent to an activating group) is 1. The Kier molecular flexibility index (Phi) is 5.72. The molecule has 0 fully saturated rings. The Hall–Kier alpha value is -3.45. The van der Waals surface area contributed by atoms with E-state index in [-0.39, 0.29) is 6.04 Å². The number of nitrogens with zero attached hydrogens (tertiary/aromatic N) is 6. The molecule has 1 aliphatic rings. The van der Waals surface area contributed by atoms with Gasteiger partial charge in [-0.1, -0.05) is 35.5 Å². The van der Waals surface area contributed by atoms with Gasteiger partial charge >= 0.3 is 0 Å². The number of hydrogen-bond donors (Lipinski definition) is 1. The van der Waals surface area contributed by atoms with Gasteiger partial charge in [0.1, 0.15) is 0 Å². The number of rotatable bonds is 6. The van der Waals surface area contributed by atoms with Crippen LogP contribution in [-0.4, -0.2) is 50.3 Å². The van der Waals surface area contributed by atoms with Gasteiger partial charge in [-0.05, 0) is 62.7 Å². The predicted molar refractivity (Wildman–Crippen MR) is 132 cm³/mol. The molecule has 7 nitrogen and oxygen atoms in total. The molecule has 1 N–H and O–H groups in total. The molecule has 2 aromatic carbocycles. The molecule has 3 heterocycles. The molecule has 5 rings (SSSR count). The maximum absolute atomic E-state index is 4.43. The average molecular weight is 442 g/mol. The first-order chi connectivity index (χ1) is 16.0. The third kappa shape index (κ3) is 4.28. The monoisotopic (exact) mass is 441 g/mol. The Morgan fingerprint density at radius 1 is 1.12 bits per heavy atom. The Morgan fingerprint density at radius 3 is 2.76 bits per heavy atom. The van der Waals surface area contributed by atoms with Crippen molar-refractivity contribution in [1.29, 1.82) is 0 Å². The highest BCUT2D eigenvalue weighted by Crippen LogP contribution is 2.39. The Labute approximate surface area is 195 Å². The topological polar surface area (TPSA) is 63.8 Å². The van der Waals surface area contributed by atoms with E-state index < -0.39 is 0 Å². The van der Waals surface area contributed by atoms with Crippen LogP contribution < -0.4 is 5.32 Å². The molecule has 1 unspecified atom stereocenters. The fourth-order valence-electron chi connectivity index (χ4n) is 4.67. The predicted octanol–water partition coefficient (Wildman–Crippen LogP) is 4.32. The lowest BCUT2D eigenvalue weighted by atomic mass is 9.92. The summed E-state index contributed by atoms with van der Waals surface area (Å²) in [5.41, 5.74) is 9.41. The lowest BCUT2D eigenvalue weighted by Gasteiger charge is -2.23. The third-order valence-electron chi connectivity index (χ3n) is 6.43. The molecule has 170 valence electrons. The molecule has 0 saturated carbocycles. The van der Waals surface area contributed by atoms with E-state index in [9.17, 15) is 0 Å². The van der Waals surface area contributed by atoms with E-state index in [2.05, 4.69) is 93.1 Å². The third-order valence-corrected chi connectivity index (χ3v) is 6.43. The summed E-state index contributed by atoms with van der Waals surface area (Å²) in [6.45, 7) is 3.89. The fourth-order valence-corrected chi connectivity index (χ4v) is 4.67. The van der Waals surface area contributed by atoms with Gasteiger partial charge in [0.2, 0.25) is 0 Å². The van der Waals surface area contributed by atoms with Crippen LogP contribution in [0.4, 0.5) is 5.69 Å². The largest absolute Gasteiger partial charge is 0.378 e. The maximum Gasteiger partial charge on any atom is 0.0918 e. The summed E-state index contributed by atoms with van der Waals surface area (Å²) in [4.78, 5) is 2.23. The second kappa shape index (κ2) is 8.83. The minimum Gasteiger partial charge on any atom is -0.378 e. The quantitative estimate of drug-likeness (QED) is 0.483. The summed E-state index contributed by atoms with van der Waals surface area (Å²) < 4.78 is 3.90. The second-order valence-corrected chi connectivity index (χ2v) is 9.15. The minimum atomic E-state index is 0.165. The van der Waals surface area contributed by atoms with Crippen LogP contribution in [0.1, 0.15) is 29.3 Å². The number of nitrogens with one attached hydrogen (secondary N) is 1. The fraction of sp³-hybridized carbons (Fsp3) is 0.346. The van der Waals surface area contributed by atoms with Crippen molar-refractivity contribution >= 4 is 5.69 Å². The summed E-state index contributed by atoms with van der Waals surface area (Å²) in [5.74, 6) is 0. The molecule has 0 aliphatic carbocycles. The van der Waals surface area contributed by atoms with E-state index in [1.165, 1.54) is 27.9 Å². The van der Waals surface area contributed by atoms with Crippen LogP contribution in [0, 0.1) is 6.92 Å². The number of para-hydroxylation sites is 1. The molecule has 1 atom stereocenters. The standard InChI is InChI=1S/C26H31N7/c1-18-26-22-10-9-20(21-16-27-32(4)17-21)15-23(22)25(12-14-33(26)30-29-18)28-24-8-6-5-7-19(24)11-13-31(2)3/h5-10,15-17,25,28H,11-14H2,1-4H3. The van der Waals surface area contributed by atoms with Crippen molar-refractivity contribution < 1.29 is 0 Å². The summed E-state index contributed by atoms with van der Waals surface area (Å²) in [5, 5.41) is 17.1. The number of aryl methyl sites for hydroxylation is 3. The normalized spacial score (nSPS) is 15.2. The molecule has 4 aromatic rings. The van der Waals surface area contributed by atoms with Gasteiger partial charge in [0.05, 0.1) is 23.6 Å². The first-order valence-corrected chi connectivity index (χ1v) is 11.5. The first-order valence-electron chi connectivity index (χ1n) is 11.5. The van der Waals surface area contributed by atoms with Crippen LogP contribution in [0.2, 0.25) is 0 Å².